The maximum Gasteiger partial charge on any atom is 0.407 e. The number of anilines is 1. The Bertz CT molecular complexity index is 755. The van der Waals surface area contributed by atoms with Gasteiger partial charge in [-0.3, -0.25) is 14.4 Å². The van der Waals surface area contributed by atoms with Gasteiger partial charge in [0.2, 0.25) is 11.8 Å². The molecule has 10 heteroatoms. The van der Waals surface area contributed by atoms with E-state index in [2.05, 4.69) is 16.0 Å². The molecule has 0 spiro atoms. The quantitative estimate of drug-likeness (QED) is 0.234. The number of nitrogens with two attached hydrogens (primary N) is 1. The number of nitrogens with one attached hydrogen (secondary N) is 3. The van der Waals surface area contributed by atoms with Gasteiger partial charge in [-0.2, -0.15) is 0 Å². The smallest absolute Gasteiger partial charge is 0.407 e. The lowest BCUT2D eigenvalue weighted by Crippen LogP contribution is -2.45. The third-order valence-corrected chi connectivity index (χ3v) is 5.35. The van der Waals surface area contributed by atoms with Gasteiger partial charge in [0.1, 0.15) is 18.4 Å². The Morgan fingerprint density at radius 1 is 1.06 bits per heavy atom. The van der Waals surface area contributed by atoms with Gasteiger partial charge in [-0.05, 0) is 30.5 Å². The van der Waals surface area contributed by atoms with E-state index in [1.54, 1.807) is 31.2 Å². The average molecular weight is 546 g/mol. The van der Waals surface area contributed by atoms with Crippen molar-refractivity contribution in [2.75, 3.05) is 22.8 Å². The third-order valence-electron chi connectivity index (χ3n) is 4.50. The first kappa shape index (κ1) is 26.8. The Morgan fingerprint density at radius 2 is 1.71 bits per heavy atom. The summed E-state index contributed by atoms with van der Waals surface area (Å²) in [7, 11) is 0. The molecule has 0 saturated heterocycles. The Balaban J connectivity index is 2.57. The van der Waals surface area contributed by atoms with Crippen molar-refractivity contribution in [3.63, 3.8) is 0 Å². The van der Waals surface area contributed by atoms with Crippen LogP contribution in [0.3, 0.4) is 0 Å². The fourth-order valence-electron chi connectivity index (χ4n) is 2.63. The first-order chi connectivity index (χ1) is 14.7. The van der Waals surface area contributed by atoms with Crippen LogP contribution in [0.1, 0.15) is 32.8 Å². The van der Waals surface area contributed by atoms with Crippen molar-refractivity contribution in [2.24, 2.45) is 17.6 Å². The minimum atomic E-state index is -0.766. The van der Waals surface area contributed by atoms with E-state index in [0.717, 1.165) is 5.56 Å². The summed E-state index contributed by atoms with van der Waals surface area (Å²) in [5.41, 5.74) is 6.60. The monoisotopic (exact) mass is 546 g/mol. The molecular formula is C21H31IN4O5. The summed E-state index contributed by atoms with van der Waals surface area (Å²) < 4.78 is 5.40. The lowest BCUT2D eigenvalue weighted by atomic mass is 9.90. The standard InChI is InChI=1S/C21H31IN4O5/c1-13(2)18(10-17(27)11-22)20(29)25-14(3)19(28)26-16-6-4-15(5-7-16)12-31-21(30)24-9-8-23/h4-7,13-14,18H,8-12,23H2,1-3H3,(H,24,30)(H,25,29)(H,26,28)/t14-,18-/m0/s1. The lowest BCUT2D eigenvalue weighted by molar-refractivity contribution is -0.132. The van der Waals surface area contributed by atoms with E-state index in [0.29, 0.717) is 23.2 Å². The lowest BCUT2D eigenvalue weighted by Gasteiger charge is -2.22. The van der Waals surface area contributed by atoms with Crippen molar-refractivity contribution in [2.45, 2.75) is 39.8 Å². The minimum Gasteiger partial charge on any atom is -0.445 e. The predicted molar refractivity (Wildman–Crippen MR) is 127 cm³/mol. The molecule has 0 aliphatic rings. The second-order valence-corrected chi connectivity index (χ2v) is 8.20. The molecule has 9 nitrogen and oxygen atoms in total. The van der Waals surface area contributed by atoms with Crippen LogP contribution in [0.2, 0.25) is 0 Å². The Morgan fingerprint density at radius 3 is 2.26 bits per heavy atom. The number of carbonyl (C=O) groups excluding carboxylic acids is 4. The number of Topliss-reactive ketones (excluding diaryl/α,β-unsaturated/α-hetero) is 1. The topological polar surface area (TPSA) is 140 Å². The highest BCUT2D eigenvalue weighted by atomic mass is 127. The normalized spacial score (nSPS) is 12.6. The van der Waals surface area contributed by atoms with Crippen molar-refractivity contribution < 1.29 is 23.9 Å². The number of alkyl carbamates (subject to hydrolysis) is 1. The fraction of sp³-hybridized carbons (Fsp3) is 0.524. The number of ether oxygens (including phenoxy) is 1. The number of amides is 3. The number of halogens is 1. The molecule has 1 aromatic carbocycles. The molecule has 0 unspecified atom stereocenters. The summed E-state index contributed by atoms with van der Waals surface area (Å²) >= 11 is 1.98. The average Bonchev–Trinajstić information content (AvgIpc) is 2.74. The molecular weight excluding hydrogens is 515 g/mol. The van der Waals surface area contributed by atoms with Crippen LogP contribution in [0.15, 0.2) is 24.3 Å². The first-order valence-electron chi connectivity index (χ1n) is 10.1. The zero-order chi connectivity index (χ0) is 23.4. The van der Waals surface area contributed by atoms with E-state index in [-0.39, 0.29) is 36.5 Å². The van der Waals surface area contributed by atoms with Crippen LogP contribution in [0.4, 0.5) is 10.5 Å². The Labute approximate surface area is 196 Å². The number of ketones is 1. The van der Waals surface area contributed by atoms with Crippen LogP contribution in [0.5, 0.6) is 0 Å². The maximum absolute atomic E-state index is 12.5. The molecule has 0 aliphatic heterocycles. The summed E-state index contributed by atoms with van der Waals surface area (Å²) in [4.78, 5) is 48.1. The van der Waals surface area contributed by atoms with Gasteiger partial charge in [-0.25, -0.2) is 4.79 Å². The molecule has 3 amide bonds. The van der Waals surface area contributed by atoms with E-state index < -0.39 is 18.1 Å². The van der Waals surface area contributed by atoms with Gasteiger partial charge in [0.15, 0.2) is 0 Å². The molecule has 1 rings (SSSR count). The molecule has 0 aliphatic carbocycles. The molecule has 0 fully saturated rings. The number of benzene rings is 1. The summed E-state index contributed by atoms with van der Waals surface area (Å²) in [6.07, 6.45) is -0.388. The van der Waals surface area contributed by atoms with Crippen LogP contribution in [0.25, 0.3) is 0 Å². The van der Waals surface area contributed by atoms with Crippen LogP contribution < -0.4 is 21.7 Å². The highest BCUT2D eigenvalue weighted by molar-refractivity contribution is 14.1. The molecule has 0 bridgehead atoms. The van der Waals surface area contributed by atoms with Gasteiger partial charge in [0, 0.05) is 31.1 Å². The molecule has 172 valence electrons. The molecule has 0 heterocycles. The minimum absolute atomic E-state index is 0.00693. The summed E-state index contributed by atoms with van der Waals surface area (Å²) in [5, 5.41) is 7.92. The summed E-state index contributed by atoms with van der Waals surface area (Å²) in [6.45, 7) is 6.10. The molecule has 5 N–H and O–H groups in total. The second kappa shape index (κ2) is 14.0. The van der Waals surface area contributed by atoms with E-state index in [1.807, 2.05) is 36.4 Å². The van der Waals surface area contributed by atoms with E-state index in [1.165, 1.54) is 0 Å². The number of hydrogen-bond acceptors (Lipinski definition) is 6. The Kier molecular flexibility index (Phi) is 12.1. The number of alkyl halides is 1. The Hall–Kier alpha value is -2.21. The summed E-state index contributed by atoms with van der Waals surface area (Å²) in [6, 6.07) is 6.04. The molecule has 0 radical (unpaired) electrons. The zero-order valence-electron chi connectivity index (χ0n) is 18.1. The molecule has 0 saturated carbocycles. The van der Waals surface area contributed by atoms with Gasteiger partial charge in [-0.15, -0.1) is 0 Å². The third kappa shape index (κ3) is 10.1. The maximum atomic E-state index is 12.5. The van der Waals surface area contributed by atoms with Crippen molar-refractivity contribution in [1.29, 1.82) is 0 Å². The molecule has 2 atom stereocenters. The van der Waals surface area contributed by atoms with Crippen molar-refractivity contribution in [3.8, 4) is 0 Å². The van der Waals surface area contributed by atoms with Gasteiger partial charge in [0.25, 0.3) is 0 Å². The zero-order valence-corrected chi connectivity index (χ0v) is 20.2. The largest absolute Gasteiger partial charge is 0.445 e. The number of carbonyl (C=O) groups is 4. The van der Waals surface area contributed by atoms with E-state index >= 15 is 0 Å². The highest BCUT2D eigenvalue weighted by Gasteiger charge is 2.27. The SMILES string of the molecule is CC(C)[C@H](CC(=O)CI)C(=O)N[C@@H](C)C(=O)Nc1ccc(COC(=O)NCCN)cc1. The van der Waals surface area contributed by atoms with Gasteiger partial charge in [-0.1, -0.05) is 48.6 Å². The van der Waals surface area contributed by atoms with Crippen LogP contribution in [-0.2, 0) is 25.7 Å². The highest BCUT2D eigenvalue weighted by Crippen LogP contribution is 2.17. The van der Waals surface area contributed by atoms with Crippen LogP contribution >= 0.6 is 22.6 Å². The number of hydrogen-bond donors (Lipinski definition) is 4. The van der Waals surface area contributed by atoms with Gasteiger partial charge < -0.3 is 26.4 Å². The van der Waals surface area contributed by atoms with Crippen molar-refractivity contribution in [1.82, 2.24) is 10.6 Å². The van der Waals surface area contributed by atoms with E-state index in [9.17, 15) is 19.2 Å². The fourth-order valence-corrected chi connectivity index (χ4v) is 2.94. The molecule has 1 aromatic rings. The van der Waals surface area contributed by atoms with E-state index in [4.69, 9.17) is 10.5 Å². The van der Waals surface area contributed by atoms with Crippen LogP contribution in [-0.4, -0.2) is 47.2 Å². The number of rotatable bonds is 12. The van der Waals surface area contributed by atoms with Gasteiger partial charge >= 0.3 is 6.09 Å². The van der Waals surface area contributed by atoms with Crippen molar-refractivity contribution in [3.05, 3.63) is 29.8 Å². The molecule has 31 heavy (non-hydrogen) atoms. The second-order valence-electron chi connectivity index (χ2n) is 7.43. The predicted octanol–water partition coefficient (Wildman–Crippen LogP) is 1.98. The van der Waals surface area contributed by atoms with Crippen LogP contribution in [0, 0.1) is 11.8 Å². The molecule has 0 aromatic heterocycles. The van der Waals surface area contributed by atoms with Gasteiger partial charge in [0.05, 0.1) is 4.43 Å². The first-order valence-corrected chi connectivity index (χ1v) is 11.6. The van der Waals surface area contributed by atoms with Crippen molar-refractivity contribution >= 4 is 52.0 Å². The summed E-state index contributed by atoms with van der Waals surface area (Å²) in [5.74, 6) is -1.17.